The minimum atomic E-state index is -4.15. The molecule has 1 amide bonds. The first-order chi connectivity index (χ1) is 16.2. The van der Waals surface area contributed by atoms with E-state index < -0.39 is 22.5 Å². The van der Waals surface area contributed by atoms with Crippen molar-refractivity contribution in [2.75, 3.05) is 30.4 Å². The van der Waals surface area contributed by atoms with Crippen LogP contribution in [0.1, 0.15) is 23.6 Å². The number of hydrogen-bond acceptors (Lipinski definition) is 5. The molecule has 0 heterocycles. The van der Waals surface area contributed by atoms with E-state index >= 15 is 0 Å². The number of para-hydroxylation sites is 1. The number of amides is 1. The largest absolute Gasteiger partial charge is 0.497 e. The quantitative estimate of drug-likeness (QED) is 0.477. The van der Waals surface area contributed by atoms with Crippen LogP contribution in [0.4, 0.5) is 11.4 Å². The Kier molecular flexibility index (Phi) is 7.83. The lowest BCUT2D eigenvalue weighted by atomic mass is 10.1. The summed E-state index contributed by atoms with van der Waals surface area (Å²) in [4.78, 5) is 13.2. The van der Waals surface area contributed by atoms with Gasteiger partial charge in [-0.25, -0.2) is 8.42 Å². The second-order valence-corrected chi connectivity index (χ2v) is 9.71. The highest BCUT2D eigenvalue weighted by atomic mass is 32.2. The minimum Gasteiger partial charge on any atom is -0.497 e. The minimum absolute atomic E-state index is 0.0104. The van der Waals surface area contributed by atoms with E-state index in [4.69, 9.17) is 9.47 Å². The molecule has 0 bridgehead atoms. The van der Waals surface area contributed by atoms with E-state index in [2.05, 4.69) is 5.32 Å². The molecule has 0 saturated heterocycles. The molecule has 3 rings (SSSR count). The van der Waals surface area contributed by atoms with Crippen LogP contribution in [0.25, 0.3) is 0 Å². The summed E-state index contributed by atoms with van der Waals surface area (Å²) < 4.78 is 39.3. The Morgan fingerprint density at radius 1 is 0.971 bits per heavy atom. The van der Waals surface area contributed by atoms with E-state index in [1.807, 2.05) is 32.0 Å². The van der Waals surface area contributed by atoms with Gasteiger partial charge in [-0.15, -0.1) is 0 Å². The molecule has 0 radical (unpaired) electrons. The second-order valence-electron chi connectivity index (χ2n) is 7.87. The Bertz CT molecular complexity index is 1270. The maximum atomic E-state index is 13.8. The van der Waals surface area contributed by atoms with Crippen LogP contribution in [0.15, 0.2) is 65.6 Å². The van der Waals surface area contributed by atoms with Crippen molar-refractivity contribution in [3.63, 3.8) is 0 Å². The Balaban J connectivity index is 2.05. The average Bonchev–Trinajstić information content (AvgIpc) is 2.83. The summed E-state index contributed by atoms with van der Waals surface area (Å²) in [5, 5.41) is 2.92. The standard InChI is InChI=1S/C26H30N2O5S/c1-6-20-9-7-8-19(3)26(20)27-25(29)17-28(21-11-13-22(32-4)14-12-21)34(30,31)24-16-18(2)10-15-23(24)33-5/h7-16H,6,17H2,1-5H3,(H,27,29). The summed E-state index contributed by atoms with van der Waals surface area (Å²) in [7, 11) is -1.20. The first kappa shape index (κ1) is 25.1. The summed E-state index contributed by atoms with van der Waals surface area (Å²) in [6.07, 6.45) is 0.734. The number of methoxy groups -OCH3 is 2. The molecule has 0 unspecified atom stereocenters. The van der Waals surface area contributed by atoms with Crippen LogP contribution in [0.3, 0.4) is 0 Å². The van der Waals surface area contributed by atoms with Crippen molar-refractivity contribution >= 4 is 27.3 Å². The van der Waals surface area contributed by atoms with Crippen molar-refractivity contribution in [3.8, 4) is 11.5 Å². The van der Waals surface area contributed by atoms with Gasteiger partial charge in [-0.1, -0.05) is 31.2 Å². The van der Waals surface area contributed by atoms with Crippen LogP contribution in [-0.4, -0.2) is 35.1 Å². The SMILES string of the molecule is CCc1cccc(C)c1NC(=O)CN(c1ccc(OC)cc1)S(=O)(=O)c1cc(C)ccc1OC. The Morgan fingerprint density at radius 3 is 2.29 bits per heavy atom. The van der Waals surface area contributed by atoms with Gasteiger partial charge in [0.25, 0.3) is 10.0 Å². The molecule has 0 aliphatic rings. The van der Waals surface area contributed by atoms with E-state index in [9.17, 15) is 13.2 Å². The van der Waals surface area contributed by atoms with E-state index in [1.54, 1.807) is 49.4 Å². The number of carbonyl (C=O) groups is 1. The summed E-state index contributed by atoms with van der Waals surface area (Å²) in [6.45, 7) is 5.30. The number of nitrogens with one attached hydrogen (secondary N) is 1. The van der Waals surface area contributed by atoms with Gasteiger partial charge in [0, 0.05) is 5.69 Å². The number of nitrogens with zero attached hydrogens (tertiary/aromatic N) is 1. The van der Waals surface area contributed by atoms with Crippen LogP contribution in [0, 0.1) is 13.8 Å². The fourth-order valence-electron chi connectivity index (χ4n) is 3.68. The van der Waals surface area contributed by atoms with E-state index in [0.717, 1.165) is 27.4 Å². The van der Waals surface area contributed by atoms with Crippen molar-refractivity contribution in [1.82, 2.24) is 0 Å². The Morgan fingerprint density at radius 2 is 1.68 bits per heavy atom. The van der Waals surface area contributed by atoms with Crippen LogP contribution >= 0.6 is 0 Å². The smallest absolute Gasteiger partial charge is 0.268 e. The van der Waals surface area contributed by atoms with Gasteiger partial charge < -0.3 is 14.8 Å². The molecule has 3 aromatic rings. The van der Waals surface area contributed by atoms with Gasteiger partial charge in [0.15, 0.2) is 0 Å². The normalized spacial score (nSPS) is 11.1. The fourth-order valence-corrected chi connectivity index (χ4v) is 5.34. The summed E-state index contributed by atoms with van der Waals surface area (Å²) in [5.41, 5.74) is 3.68. The molecular formula is C26H30N2O5S. The van der Waals surface area contributed by atoms with Gasteiger partial charge in [0.2, 0.25) is 5.91 Å². The van der Waals surface area contributed by atoms with E-state index in [-0.39, 0.29) is 10.6 Å². The van der Waals surface area contributed by atoms with Crippen molar-refractivity contribution in [2.45, 2.75) is 32.1 Å². The Labute approximate surface area is 201 Å². The van der Waals surface area contributed by atoms with Crippen LogP contribution < -0.4 is 19.1 Å². The second kappa shape index (κ2) is 10.6. The third-order valence-electron chi connectivity index (χ3n) is 5.54. The van der Waals surface area contributed by atoms with Crippen molar-refractivity contribution in [3.05, 3.63) is 77.4 Å². The third kappa shape index (κ3) is 5.34. The number of ether oxygens (including phenoxy) is 2. The maximum absolute atomic E-state index is 13.8. The van der Waals surface area contributed by atoms with Gasteiger partial charge in [-0.2, -0.15) is 0 Å². The Hall–Kier alpha value is -3.52. The first-order valence-corrected chi connectivity index (χ1v) is 12.3. The summed E-state index contributed by atoms with van der Waals surface area (Å²) in [6, 6.07) is 17.2. The van der Waals surface area contributed by atoms with Gasteiger partial charge in [-0.05, 0) is 73.4 Å². The molecule has 0 aliphatic carbocycles. The summed E-state index contributed by atoms with van der Waals surface area (Å²) in [5.74, 6) is 0.331. The van der Waals surface area contributed by atoms with Crippen LogP contribution in [0.2, 0.25) is 0 Å². The zero-order valence-electron chi connectivity index (χ0n) is 20.1. The lowest BCUT2D eigenvalue weighted by Gasteiger charge is -2.25. The summed E-state index contributed by atoms with van der Waals surface area (Å²) >= 11 is 0. The average molecular weight is 483 g/mol. The van der Waals surface area contributed by atoms with Crippen LogP contribution in [0.5, 0.6) is 11.5 Å². The third-order valence-corrected chi connectivity index (χ3v) is 7.33. The maximum Gasteiger partial charge on any atom is 0.268 e. The fraction of sp³-hybridized carbons (Fsp3) is 0.269. The zero-order chi connectivity index (χ0) is 24.9. The highest BCUT2D eigenvalue weighted by molar-refractivity contribution is 7.93. The predicted octanol–water partition coefficient (Wildman–Crippen LogP) is 4.72. The number of rotatable bonds is 9. The van der Waals surface area contributed by atoms with Gasteiger partial charge in [0.1, 0.15) is 22.9 Å². The number of hydrogen-bond donors (Lipinski definition) is 1. The molecule has 0 saturated carbocycles. The number of anilines is 2. The molecule has 8 heteroatoms. The van der Waals surface area contributed by atoms with Gasteiger partial charge >= 0.3 is 0 Å². The first-order valence-electron chi connectivity index (χ1n) is 10.9. The number of aryl methyl sites for hydroxylation is 3. The van der Waals surface area contributed by atoms with Crippen molar-refractivity contribution < 1.29 is 22.7 Å². The molecule has 0 fully saturated rings. The molecule has 7 nitrogen and oxygen atoms in total. The van der Waals surface area contributed by atoms with E-state index in [0.29, 0.717) is 17.1 Å². The van der Waals surface area contributed by atoms with Gasteiger partial charge in [0.05, 0.1) is 19.9 Å². The molecule has 0 atom stereocenters. The molecule has 0 aliphatic heterocycles. The lowest BCUT2D eigenvalue weighted by Crippen LogP contribution is -2.38. The van der Waals surface area contributed by atoms with Crippen molar-refractivity contribution in [1.29, 1.82) is 0 Å². The highest BCUT2D eigenvalue weighted by Gasteiger charge is 2.30. The predicted molar refractivity (Wildman–Crippen MR) is 134 cm³/mol. The van der Waals surface area contributed by atoms with Crippen LogP contribution in [-0.2, 0) is 21.2 Å². The molecule has 3 aromatic carbocycles. The van der Waals surface area contributed by atoms with Gasteiger partial charge in [-0.3, -0.25) is 9.10 Å². The molecule has 1 N–H and O–H groups in total. The molecule has 180 valence electrons. The number of carbonyl (C=O) groups excluding carboxylic acids is 1. The highest BCUT2D eigenvalue weighted by Crippen LogP contribution is 2.32. The zero-order valence-corrected chi connectivity index (χ0v) is 20.9. The topological polar surface area (TPSA) is 84.9 Å². The molecule has 0 aromatic heterocycles. The lowest BCUT2D eigenvalue weighted by molar-refractivity contribution is -0.114. The number of benzene rings is 3. The molecule has 34 heavy (non-hydrogen) atoms. The van der Waals surface area contributed by atoms with E-state index in [1.165, 1.54) is 14.2 Å². The number of sulfonamides is 1. The molecular weight excluding hydrogens is 452 g/mol. The monoisotopic (exact) mass is 482 g/mol. The van der Waals surface area contributed by atoms with Crippen molar-refractivity contribution in [2.24, 2.45) is 0 Å². The molecule has 0 spiro atoms.